The molecule has 1 unspecified atom stereocenters. The minimum absolute atomic E-state index is 0.149. The SMILES string of the molecule is CC(C)(C)C(CN)OC(N)=O. The normalized spacial score (nSPS) is 14.2. The molecular weight excluding hydrogens is 144 g/mol. The molecular formula is C7H16N2O2. The number of hydrogen-bond acceptors (Lipinski definition) is 3. The second-order valence-electron chi connectivity index (χ2n) is 3.53. The summed E-state index contributed by atoms with van der Waals surface area (Å²) in [5, 5.41) is 0. The molecule has 0 aliphatic heterocycles. The molecule has 0 rings (SSSR count). The molecule has 4 N–H and O–H groups in total. The van der Waals surface area contributed by atoms with Crippen LogP contribution in [0, 0.1) is 5.41 Å². The molecule has 4 nitrogen and oxygen atoms in total. The van der Waals surface area contributed by atoms with Gasteiger partial charge < -0.3 is 16.2 Å². The van der Waals surface area contributed by atoms with Gasteiger partial charge in [-0.15, -0.1) is 0 Å². The maximum atomic E-state index is 10.4. The summed E-state index contributed by atoms with van der Waals surface area (Å²) in [5.74, 6) is 0. The van der Waals surface area contributed by atoms with Crippen molar-refractivity contribution in [1.82, 2.24) is 0 Å². The van der Waals surface area contributed by atoms with E-state index in [1.165, 1.54) is 0 Å². The number of carbonyl (C=O) groups excluding carboxylic acids is 1. The molecule has 0 spiro atoms. The molecule has 0 aromatic carbocycles. The monoisotopic (exact) mass is 160 g/mol. The first kappa shape index (κ1) is 10.2. The minimum atomic E-state index is -0.768. The molecule has 0 saturated carbocycles. The molecule has 0 radical (unpaired) electrons. The van der Waals surface area contributed by atoms with Crippen LogP contribution in [0.5, 0.6) is 0 Å². The molecule has 0 aliphatic rings. The zero-order valence-corrected chi connectivity index (χ0v) is 7.26. The van der Waals surface area contributed by atoms with Crippen LogP contribution in [0.3, 0.4) is 0 Å². The van der Waals surface area contributed by atoms with E-state index in [2.05, 4.69) is 0 Å². The summed E-state index contributed by atoms with van der Waals surface area (Å²) in [6.45, 7) is 6.11. The predicted molar refractivity (Wildman–Crippen MR) is 43.0 cm³/mol. The van der Waals surface area contributed by atoms with Gasteiger partial charge in [0.25, 0.3) is 0 Å². The Morgan fingerprint density at radius 3 is 2.09 bits per heavy atom. The molecule has 0 aromatic heterocycles. The lowest BCUT2D eigenvalue weighted by atomic mass is 9.89. The van der Waals surface area contributed by atoms with E-state index in [1.54, 1.807) is 0 Å². The van der Waals surface area contributed by atoms with Gasteiger partial charge in [-0.2, -0.15) is 0 Å². The van der Waals surface area contributed by atoms with Gasteiger partial charge in [-0.1, -0.05) is 20.8 Å². The lowest BCUT2D eigenvalue weighted by Crippen LogP contribution is -2.39. The second kappa shape index (κ2) is 3.57. The average molecular weight is 160 g/mol. The maximum Gasteiger partial charge on any atom is 0.404 e. The van der Waals surface area contributed by atoms with Crippen LogP contribution in [0.1, 0.15) is 20.8 Å². The Kier molecular flexibility index (Phi) is 3.32. The molecule has 1 atom stereocenters. The molecule has 0 saturated heterocycles. The average Bonchev–Trinajstić information content (AvgIpc) is 1.79. The number of rotatable bonds is 2. The summed E-state index contributed by atoms with van der Waals surface area (Å²) in [7, 11) is 0. The van der Waals surface area contributed by atoms with Crippen LogP contribution in [-0.4, -0.2) is 18.7 Å². The van der Waals surface area contributed by atoms with Gasteiger partial charge in [0, 0.05) is 12.0 Å². The maximum absolute atomic E-state index is 10.4. The van der Waals surface area contributed by atoms with Crippen molar-refractivity contribution < 1.29 is 9.53 Å². The zero-order chi connectivity index (χ0) is 9.07. The van der Waals surface area contributed by atoms with Gasteiger partial charge in [0.15, 0.2) is 0 Å². The van der Waals surface area contributed by atoms with E-state index in [-0.39, 0.29) is 11.5 Å². The summed E-state index contributed by atoms with van der Waals surface area (Å²) in [6.07, 6.45) is -1.07. The standard InChI is InChI=1S/C7H16N2O2/c1-7(2,3)5(4-8)11-6(9)10/h5H,4,8H2,1-3H3,(H2,9,10). The molecule has 1 amide bonds. The highest BCUT2D eigenvalue weighted by molar-refractivity contribution is 5.64. The highest BCUT2D eigenvalue weighted by Gasteiger charge is 2.25. The Balaban J connectivity index is 4.07. The molecule has 66 valence electrons. The lowest BCUT2D eigenvalue weighted by molar-refractivity contribution is 0.0430. The Morgan fingerprint density at radius 2 is 2.00 bits per heavy atom. The smallest absolute Gasteiger partial charge is 0.404 e. The molecule has 0 bridgehead atoms. The van der Waals surface area contributed by atoms with Crippen LogP contribution in [0.25, 0.3) is 0 Å². The van der Waals surface area contributed by atoms with Crippen molar-refractivity contribution in [3.8, 4) is 0 Å². The van der Waals surface area contributed by atoms with Gasteiger partial charge in [0.2, 0.25) is 0 Å². The van der Waals surface area contributed by atoms with Crippen LogP contribution in [0.4, 0.5) is 4.79 Å². The molecule has 0 fully saturated rings. The number of amides is 1. The van der Waals surface area contributed by atoms with Gasteiger partial charge in [-0.3, -0.25) is 0 Å². The Labute approximate surface area is 66.9 Å². The zero-order valence-electron chi connectivity index (χ0n) is 7.26. The Morgan fingerprint density at radius 1 is 1.55 bits per heavy atom. The number of primary amides is 1. The third-order valence-corrected chi connectivity index (χ3v) is 1.44. The molecule has 0 aromatic rings. The summed E-state index contributed by atoms with van der Waals surface area (Å²) in [4.78, 5) is 10.4. The quantitative estimate of drug-likeness (QED) is 0.615. The fourth-order valence-corrected chi connectivity index (χ4v) is 0.719. The Hall–Kier alpha value is -0.770. The molecule has 0 heterocycles. The van der Waals surface area contributed by atoms with Crippen molar-refractivity contribution in [2.45, 2.75) is 26.9 Å². The van der Waals surface area contributed by atoms with Gasteiger partial charge in [0.05, 0.1) is 0 Å². The molecule has 4 heteroatoms. The highest BCUT2D eigenvalue weighted by Crippen LogP contribution is 2.20. The van der Waals surface area contributed by atoms with Crippen LogP contribution in [0.2, 0.25) is 0 Å². The number of nitrogens with two attached hydrogens (primary N) is 2. The molecule has 0 aliphatic carbocycles. The summed E-state index contributed by atoms with van der Waals surface area (Å²) < 4.78 is 4.78. The third-order valence-electron chi connectivity index (χ3n) is 1.44. The van der Waals surface area contributed by atoms with Crippen molar-refractivity contribution in [1.29, 1.82) is 0 Å². The van der Waals surface area contributed by atoms with E-state index in [4.69, 9.17) is 16.2 Å². The second-order valence-corrected chi connectivity index (χ2v) is 3.53. The number of carbonyl (C=O) groups is 1. The van der Waals surface area contributed by atoms with Crippen molar-refractivity contribution in [2.24, 2.45) is 16.9 Å². The van der Waals surface area contributed by atoms with Crippen molar-refractivity contribution >= 4 is 6.09 Å². The summed E-state index contributed by atoms with van der Waals surface area (Å²) >= 11 is 0. The van der Waals surface area contributed by atoms with Gasteiger partial charge in [0.1, 0.15) is 6.10 Å². The van der Waals surface area contributed by atoms with E-state index >= 15 is 0 Å². The van der Waals surface area contributed by atoms with Crippen LogP contribution >= 0.6 is 0 Å². The topological polar surface area (TPSA) is 78.3 Å². The third kappa shape index (κ3) is 3.83. The lowest BCUT2D eigenvalue weighted by Gasteiger charge is -2.28. The van der Waals surface area contributed by atoms with Crippen molar-refractivity contribution in [2.75, 3.05) is 6.54 Å². The van der Waals surface area contributed by atoms with Gasteiger partial charge in [-0.05, 0) is 0 Å². The van der Waals surface area contributed by atoms with E-state index in [9.17, 15) is 4.79 Å². The fraction of sp³-hybridized carbons (Fsp3) is 0.857. The van der Waals surface area contributed by atoms with E-state index < -0.39 is 6.09 Å². The predicted octanol–water partition coefficient (Wildman–Crippen LogP) is 0.455. The minimum Gasteiger partial charge on any atom is -0.444 e. The molecule has 11 heavy (non-hydrogen) atoms. The number of hydrogen-bond donors (Lipinski definition) is 2. The van der Waals surface area contributed by atoms with Crippen LogP contribution in [0.15, 0.2) is 0 Å². The first-order valence-electron chi connectivity index (χ1n) is 3.54. The highest BCUT2D eigenvalue weighted by atomic mass is 16.6. The number of ether oxygens (including phenoxy) is 1. The summed E-state index contributed by atoms with van der Waals surface area (Å²) in [5.41, 5.74) is 10.1. The van der Waals surface area contributed by atoms with Gasteiger partial charge >= 0.3 is 6.09 Å². The largest absolute Gasteiger partial charge is 0.444 e. The van der Waals surface area contributed by atoms with Gasteiger partial charge in [-0.25, -0.2) is 4.79 Å². The van der Waals surface area contributed by atoms with E-state index in [0.29, 0.717) is 6.54 Å². The first-order chi connectivity index (χ1) is 4.88. The van der Waals surface area contributed by atoms with Crippen molar-refractivity contribution in [3.63, 3.8) is 0 Å². The Bertz CT molecular complexity index is 140. The van der Waals surface area contributed by atoms with Crippen LogP contribution < -0.4 is 11.5 Å². The fourth-order valence-electron chi connectivity index (χ4n) is 0.719. The van der Waals surface area contributed by atoms with Crippen molar-refractivity contribution in [3.05, 3.63) is 0 Å². The summed E-state index contributed by atoms with van der Waals surface area (Å²) in [6, 6.07) is 0. The first-order valence-corrected chi connectivity index (χ1v) is 3.54. The van der Waals surface area contributed by atoms with E-state index in [1.807, 2.05) is 20.8 Å². The van der Waals surface area contributed by atoms with Crippen LogP contribution in [-0.2, 0) is 4.74 Å². The van der Waals surface area contributed by atoms with E-state index in [0.717, 1.165) is 0 Å².